The van der Waals surface area contributed by atoms with Gasteiger partial charge in [-0.15, -0.1) is 0 Å². The van der Waals surface area contributed by atoms with Gasteiger partial charge in [0.15, 0.2) is 0 Å². The summed E-state index contributed by atoms with van der Waals surface area (Å²) in [7, 11) is 0. The van der Waals surface area contributed by atoms with Crippen molar-refractivity contribution in [2.24, 2.45) is 51.3 Å². The van der Waals surface area contributed by atoms with Crippen molar-refractivity contribution in [2.45, 2.75) is 121 Å². The van der Waals surface area contributed by atoms with Crippen LogP contribution in [0.15, 0.2) is 89.1 Å². The third-order valence-corrected chi connectivity index (χ3v) is 13.3. The molecule has 4 unspecified atom stereocenters. The zero-order valence-electron chi connectivity index (χ0n) is 41.4. The molecule has 2 fully saturated rings. The lowest BCUT2D eigenvalue weighted by Crippen LogP contribution is -2.42. The number of rotatable bonds is 12. The Morgan fingerprint density at radius 1 is 0.716 bits per heavy atom. The Balaban J connectivity index is 1.58. The average molecular weight is 915 g/mol. The third-order valence-electron chi connectivity index (χ3n) is 13.3. The molecular weight excluding hydrogens is 845 g/mol. The number of aromatic amines is 1. The monoisotopic (exact) mass is 915 g/mol. The first-order valence-electron chi connectivity index (χ1n) is 23.8. The lowest BCUT2D eigenvalue weighted by atomic mass is 9.75. The zero-order valence-corrected chi connectivity index (χ0v) is 41.4. The number of amidine groups is 1. The molecule has 0 saturated heterocycles. The van der Waals surface area contributed by atoms with Crippen molar-refractivity contribution in [1.29, 1.82) is 0 Å². The van der Waals surface area contributed by atoms with Gasteiger partial charge in [-0.3, -0.25) is 9.59 Å². The zero-order chi connectivity index (χ0) is 49.1. The van der Waals surface area contributed by atoms with Crippen LogP contribution in [0.3, 0.4) is 0 Å². The molecule has 0 spiro atoms. The minimum atomic E-state index is -1.26. The number of ether oxygens (including phenoxy) is 3. The Morgan fingerprint density at radius 3 is 1.70 bits per heavy atom. The lowest BCUT2D eigenvalue weighted by Gasteiger charge is -2.37. The largest absolute Gasteiger partial charge is 0.461 e. The molecule has 2 aromatic carbocycles. The number of nitrogens with zero attached hydrogens (tertiary/aromatic N) is 1. The third kappa shape index (κ3) is 11.6. The van der Waals surface area contributed by atoms with E-state index in [1.54, 1.807) is 40.7 Å². The topological polar surface area (TPSA) is 165 Å². The number of aromatic nitrogens is 1. The summed E-state index contributed by atoms with van der Waals surface area (Å²) < 4.78 is 18.4. The summed E-state index contributed by atoms with van der Waals surface area (Å²) in [5, 5.41) is 5.94. The van der Waals surface area contributed by atoms with Crippen LogP contribution in [-0.2, 0) is 33.4 Å². The SMILES string of the molecule is C=C(C)C(=O)OCC(C)(C)C(=O)Nc1[nH]c(C=C2N=C(NC(=O)C(C)(C)C)C(C(=O)OC3C(C)CC(C)CC3C)=C2c2ccccc2)c(-c2ccccc2)c1C(=O)OC1C(C)CC(C)CC1C. The van der Waals surface area contributed by atoms with E-state index in [1.165, 1.54) is 6.92 Å². The number of benzene rings is 2. The second-order valence-electron chi connectivity index (χ2n) is 21.3. The van der Waals surface area contributed by atoms with Crippen molar-refractivity contribution in [1.82, 2.24) is 10.3 Å². The first-order valence-corrected chi connectivity index (χ1v) is 23.8. The van der Waals surface area contributed by atoms with E-state index in [4.69, 9.17) is 19.2 Å². The molecule has 12 nitrogen and oxygen atoms in total. The van der Waals surface area contributed by atoms with Gasteiger partial charge in [0.25, 0.3) is 0 Å². The Kier molecular flexibility index (Phi) is 15.4. The lowest BCUT2D eigenvalue weighted by molar-refractivity contribution is -0.152. The van der Waals surface area contributed by atoms with Gasteiger partial charge in [0.05, 0.1) is 16.8 Å². The fourth-order valence-corrected chi connectivity index (χ4v) is 9.97. The van der Waals surface area contributed by atoms with Gasteiger partial charge in [-0.1, -0.05) is 130 Å². The fraction of sp³-hybridized carbons (Fsp3) is 0.491. The number of hydrogen-bond donors (Lipinski definition) is 3. The predicted octanol–water partition coefficient (Wildman–Crippen LogP) is 11.0. The van der Waals surface area contributed by atoms with Crippen LogP contribution in [0.1, 0.15) is 130 Å². The summed E-state index contributed by atoms with van der Waals surface area (Å²) in [6.45, 7) is 26.4. The van der Waals surface area contributed by atoms with Crippen molar-refractivity contribution < 1.29 is 38.2 Å². The van der Waals surface area contributed by atoms with Crippen LogP contribution in [0.25, 0.3) is 22.8 Å². The van der Waals surface area contributed by atoms with Crippen molar-refractivity contribution in [3.63, 3.8) is 0 Å². The predicted molar refractivity (Wildman–Crippen MR) is 263 cm³/mol. The molecule has 67 heavy (non-hydrogen) atoms. The molecule has 3 aliphatic rings. The van der Waals surface area contributed by atoms with Crippen LogP contribution >= 0.6 is 0 Å². The van der Waals surface area contributed by atoms with Gasteiger partial charge in [-0.2, -0.15) is 0 Å². The maximum absolute atomic E-state index is 15.0. The van der Waals surface area contributed by atoms with E-state index in [0.29, 0.717) is 45.5 Å². The number of allylic oxidation sites excluding steroid dienone is 1. The molecule has 0 radical (unpaired) electrons. The van der Waals surface area contributed by atoms with Gasteiger partial charge in [0.1, 0.15) is 41.6 Å². The van der Waals surface area contributed by atoms with E-state index >= 15 is 0 Å². The molecule has 2 amide bonds. The van der Waals surface area contributed by atoms with Gasteiger partial charge in [-0.25, -0.2) is 19.4 Å². The normalized spacial score (nSPS) is 25.0. The Bertz CT molecular complexity index is 2450. The highest BCUT2D eigenvalue weighted by atomic mass is 16.6. The number of H-pyrrole nitrogens is 1. The molecule has 2 heterocycles. The molecule has 0 bridgehead atoms. The highest BCUT2D eigenvalue weighted by Gasteiger charge is 2.41. The van der Waals surface area contributed by atoms with Crippen molar-refractivity contribution >= 4 is 53.0 Å². The molecule has 1 aromatic heterocycles. The summed E-state index contributed by atoms with van der Waals surface area (Å²) in [5.74, 6) is -1.33. The van der Waals surface area contributed by atoms with E-state index in [-0.39, 0.29) is 70.7 Å². The molecule has 2 saturated carbocycles. The number of aliphatic imine (C=N–C) groups is 1. The number of esters is 3. The van der Waals surface area contributed by atoms with Crippen molar-refractivity contribution in [3.8, 4) is 11.1 Å². The van der Waals surface area contributed by atoms with Crippen molar-refractivity contribution in [3.05, 3.63) is 101 Å². The second-order valence-corrected chi connectivity index (χ2v) is 21.3. The van der Waals surface area contributed by atoms with E-state index in [0.717, 1.165) is 25.7 Å². The standard InChI is InChI=1S/C55H70N4O8/c1-30(2)49(60)65-29-55(12,13)53(64)59-48-44(51(62)67-46-35(7)26-32(4)27-36(46)8)42(38-22-18-15-19-23-38)40(57-48)28-39-41(37-20-16-14-17-21-37)43(47(56-39)58-52(63)54(9,10)11)50(61)66-45-33(5)24-31(3)25-34(45)6/h14-23,28,31-36,45-46,57H,1,24-27,29H2,2-13H3,(H,59,64)(H,56,58,63). The van der Waals surface area contributed by atoms with E-state index < -0.39 is 40.7 Å². The average Bonchev–Trinajstić information content (AvgIpc) is 3.79. The Hall–Kier alpha value is -6.04. The molecule has 6 rings (SSSR count). The van der Waals surface area contributed by atoms with E-state index in [2.05, 4.69) is 63.7 Å². The quantitative estimate of drug-likeness (QED) is 0.0918. The number of amides is 2. The molecule has 3 N–H and O–H groups in total. The van der Waals surface area contributed by atoms with E-state index in [1.807, 2.05) is 60.7 Å². The van der Waals surface area contributed by atoms with Gasteiger partial charge < -0.3 is 29.8 Å². The molecule has 1 aliphatic heterocycles. The molecular formula is C55H70N4O8. The number of nitrogens with one attached hydrogen (secondary N) is 3. The van der Waals surface area contributed by atoms with Gasteiger partial charge in [-0.05, 0) is 99.2 Å². The molecule has 4 atom stereocenters. The van der Waals surface area contributed by atoms with Crippen LogP contribution in [-0.4, -0.2) is 59.4 Å². The molecule has 2 aliphatic carbocycles. The van der Waals surface area contributed by atoms with Gasteiger partial charge in [0.2, 0.25) is 11.8 Å². The smallest absolute Gasteiger partial charge is 0.342 e. The minimum absolute atomic E-state index is 0.0426. The van der Waals surface area contributed by atoms with Crippen LogP contribution in [0.5, 0.6) is 0 Å². The van der Waals surface area contributed by atoms with Gasteiger partial charge in [0, 0.05) is 22.1 Å². The van der Waals surface area contributed by atoms with Crippen LogP contribution in [0.2, 0.25) is 0 Å². The van der Waals surface area contributed by atoms with Crippen LogP contribution in [0.4, 0.5) is 5.82 Å². The van der Waals surface area contributed by atoms with Crippen molar-refractivity contribution in [2.75, 3.05) is 11.9 Å². The van der Waals surface area contributed by atoms with Crippen LogP contribution < -0.4 is 10.6 Å². The Labute approximate surface area is 396 Å². The number of anilines is 1. The van der Waals surface area contributed by atoms with E-state index in [9.17, 15) is 24.0 Å². The number of carbonyl (C=O) groups excluding carboxylic acids is 5. The summed E-state index contributed by atoms with van der Waals surface area (Å²) in [6, 6.07) is 18.6. The highest BCUT2D eigenvalue weighted by molar-refractivity contribution is 6.31. The molecule has 12 heteroatoms. The first kappa shape index (κ1) is 50.4. The molecule has 3 aromatic rings. The second kappa shape index (κ2) is 20.4. The molecule has 358 valence electrons. The summed E-state index contributed by atoms with van der Waals surface area (Å²) >= 11 is 0. The number of carbonyl (C=O) groups is 5. The summed E-state index contributed by atoms with van der Waals surface area (Å²) in [5.41, 5.74) is 1.06. The minimum Gasteiger partial charge on any atom is -0.461 e. The number of hydrogen-bond acceptors (Lipinski definition) is 9. The maximum atomic E-state index is 15.0. The Morgan fingerprint density at radius 2 is 1.21 bits per heavy atom. The van der Waals surface area contributed by atoms with Gasteiger partial charge >= 0.3 is 17.9 Å². The highest BCUT2D eigenvalue weighted by Crippen LogP contribution is 2.43. The maximum Gasteiger partial charge on any atom is 0.342 e. The summed E-state index contributed by atoms with van der Waals surface area (Å²) in [6.07, 6.45) is 4.57. The first-order chi connectivity index (χ1) is 31.5. The van der Waals surface area contributed by atoms with Crippen LogP contribution in [0, 0.1) is 46.3 Å². The fourth-order valence-electron chi connectivity index (χ4n) is 9.97. The summed E-state index contributed by atoms with van der Waals surface area (Å²) in [4.78, 5) is 78.8.